The molecule has 0 spiro atoms. The first-order valence-corrected chi connectivity index (χ1v) is 7.99. The minimum atomic E-state index is 0.378. The van der Waals surface area contributed by atoms with E-state index in [-0.39, 0.29) is 0 Å². The van der Waals surface area contributed by atoms with E-state index in [1.165, 1.54) is 5.75 Å². The lowest BCUT2D eigenvalue weighted by atomic mass is 9.87. The Morgan fingerprint density at radius 1 is 1.50 bits per heavy atom. The van der Waals surface area contributed by atoms with Gasteiger partial charge in [-0.25, -0.2) is 0 Å². The molecule has 1 atom stereocenters. The summed E-state index contributed by atoms with van der Waals surface area (Å²) in [7, 11) is 0. The van der Waals surface area contributed by atoms with Gasteiger partial charge in [-0.2, -0.15) is 17.0 Å². The van der Waals surface area contributed by atoms with Gasteiger partial charge < -0.3 is 5.32 Å². The van der Waals surface area contributed by atoms with Gasteiger partial charge in [0, 0.05) is 16.3 Å². The minimum absolute atomic E-state index is 0.378. The zero-order valence-electron chi connectivity index (χ0n) is 10.7. The van der Waals surface area contributed by atoms with Crippen molar-refractivity contribution < 1.29 is 0 Å². The predicted molar refractivity (Wildman–Crippen MR) is 82.0 cm³/mol. The van der Waals surface area contributed by atoms with Gasteiger partial charge in [-0.3, -0.25) is 0 Å². The maximum atomic E-state index is 9.16. The van der Waals surface area contributed by atoms with Crippen LogP contribution in [0.25, 0.3) is 0 Å². The number of nitriles is 1. The van der Waals surface area contributed by atoms with Crippen LogP contribution < -0.4 is 5.32 Å². The summed E-state index contributed by atoms with van der Waals surface area (Å²) >= 11 is 5.39. The Balaban J connectivity index is 2.12. The van der Waals surface area contributed by atoms with Crippen molar-refractivity contribution in [3.05, 3.63) is 28.2 Å². The number of nitrogens with one attached hydrogen (secondary N) is 1. The summed E-state index contributed by atoms with van der Waals surface area (Å²) in [6, 6.07) is 8.52. The largest absolute Gasteiger partial charge is 0.380 e. The van der Waals surface area contributed by atoms with E-state index < -0.39 is 0 Å². The minimum Gasteiger partial charge on any atom is -0.380 e. The number of nitrogens with zero attached hydrogens (tertiary/aromatic N) is 1. The molecular formula is C14H17BrN2S. The fourth-order valence-electron chi connectivity index (χ4n) is 2.31. The molecule has 1 heterocycles. The highest BCUT2D eigenvalue weighted by molar-refractivity contribution is 9.10. The van der Waals surface area contributed by atoms with Gasteiger partial charge >= 0.3 is 0 Å². The van der Waals surface area contributed by atoms with Crippen LogP contribution in [0.5, 0.6) is 0 Å². The van der Waals surface area contributed by atoms with Gasteiger partial charge in [-0.15, -0.1) is 0 Å². The van der Waals surface area contributed by atoms with Crippen molar-refractivity contribution in [2.24, 2.45) is 5.41 Å². The van der Waals surface area contributed by atoms with Gasteiger partial charge in [0.05, 0.1) is 11.3 Å². The van der Waals surface area contributed by atoms with Gasteiger partial charge in [-0.05, 0) is 35.8 Å². The first-order chi connectivity index (χ1) is 8.50. The molecule has 1 fully saturated rings. The van der Waals surface area contributed by atoms with Crippen molar-refractivity contribution in [3.63, 3.8) is 0 Å². The smallest absolute Gasteiger partial charge is 0.101 e. The lowest BCUT2D eigenvalue weighted by Gasteiger charge is -2.35. The maximum absolute atomic E-state index is 9.16. The van der Waals surface area contributed by atoms with E-state index in [1.807, 2.05) is 30.0 Å². The average Bonchev–Trinajstić information content (AvgIpc) is 2.30. The molecule has 0 aliphatic carbocycles. The fraction of sp³-hybridized carbons (Fsp3) is 0.500. The Kier molecular flexibility index (Phi) is 4.24. The summed E-state index contributed by atoms with van der Waals surface area (Å²) < 4.78 is 0.947. The number of hydrogen-bond donors (Lipinski definition) is 1. The zero-order valence-corrected chi connectivity index (χ0v) is 13.1. The number of anilines is 1. The second-order valence-electron chi connectivity index (χ2n) is 5.53. The van der Waals surface area contributed by atoms with E-state index >= 15 is 0 Å². The van der Waals surface area contributed by atoms with Crippen LogP contribution in [0, 0.1) is 16.7 Å². The van der Waals surface area contributed by atoms with E-state index in [0.29, 0.717) is 17.0 Å². The molecule has 0 saturated carbocycles. The van der Waals surface area contributed by atoms with Crippen LogP contribution in [0.3, 0.4) is 0 Å². The second kappa shape index (κ2) is 5.54. The molecule has 1 aliphatic heterocycles. The summed E-state index contributed by atoms with van der Waals surface area (Å²) in [5.41, 5.74) is 2.03. The molecule has 1 N–H and O–H groups in total. The van der Waals surface area contributed by atoms with Crippen LogP contribution in [0.1, 0.15) is 25.8 Å². The normalized spacial score (nSPS) is 22.2. The molecule has 4 heteroatoms. The van der Waals surface area contributed by atoms with Crippen LogP contribution >= 0.6 is 27.7 Å². The quantitative estimate of drug-likeness (QED) is 0.882. The number of rotatable bonds is 2. The third-order valence-corrected chi connectivity index (χ3v) is 5.19. The third-order valence-electron chi connectivity index (χ3n) is 3.07. The van der Waals surface area contributed by atoms with Gasteiger partial charge in [-0.1, -0.05) is 29.8 Å². The SMILES string of the molecule is CC1(C)CSCC(Nc2ccc(Br)cc2C#N)C1. The van der Waals surface area contributed by atoms with Crippen LogP contribution in [-0.2, 0) is 0 Å². The van der Waals surface area contributed by atoms with E-state index in [1.54, 1.807) is 0 Å². The Labute approximate surface area is 121 Å². The lowest BCUT2D eigenvalue weighted by Crippen LogP contribution is -2.35. The van der Waals surface area contributed by atoms with Crippen LogP contribution in [0.15, 0.2) is 22.7 Å². The molecular weight excluding hydrogens is 308 g/mol. The summed E-state index contributed by atoms with van der Waals surface area (Å²) in [4.78, 5) is 0. The highest BCUT2D eigenvalue weighted by atomic mass is 79.9. The first kappa shape index (κ1) is 13.8. The summed E-state index contributed by atoms with van der Waals surface area (Å²) in [6.07, 6.45) is 1.15. The van der Waals surface area contributed by atoms with Crippen molar-refractivity contribution in [1.29, 1.82) is 5.26 Å². The molecule has 2 nitrogen and oxygen atoms in total. The molecule has 1 aliphatic rings. The number of benzene rings is 1. The Morgan fingerprint density at radius 3 is 2.94 bits per heavy atom. The topological polar surface area (TPSA) is 35.8 Å². The van der Waals surface area contributed by atoms with Crippen LogP contribution in [-0.4, -0.2) is 17.5 Å². The van der Waals surface area contributed by atoms with Crippen LogP contribution in [0.4, 0.5) is 5.69 Å². The molecule has 0 bridgehead atoms. The summed E-state index contributed by atoms with van der Waals surface area (Å²) in [5, 5.41) is 12.7. The zero-order chi connectivity index (χ0) is 13.2. The Bertz CT molecular complexity index is 479. The Morgan fingerprint density at radius 2 is 2.28 bits per heavy atom. The van der Waals surface area contributed by atoms with E-state index in [4.69, 9.17) is 5.26 Å². The summed E-state index contributed by atoms with van der Waals surface area (Å²) in [6.45, 7) is 4.61. The molecule has 1 aromatic rings. The van der Waals surface area contributed by atoms with E-state index in [9.17, 15) is 0 Å². The first-order valence-electron chi connectivity index (χ1n) is 6.04. The van der Waals surface area contributed by atoms with Gasteiger partial charge in [0.15, 0.2) is 0 Å². The van der Waals surface area contributed by atoms with Gasteiger partial charge in [0.25, 0.3) is 0 Å². The van der Waals surface area contributed by atoms with Crippen molar-refractivity contribution in [2.45, 2.75) is 26.3 Å². The average molecular weight is 325 g/mol. The second-order valence-corrected chi connectivity index (χ2v) is 7.47. The molecule has 18 heavy (non-hydrogen) atoms. The third kappa shape index (κ3) is 3.43. The lowest BCUT2D eigenvalue weighted by molar-refractivity contribution is 0.358. The van der Waals surface area contributed by atoms with Gasteiger partial charge in [0.2, 0.25) is 0 Å². The molecule has 96 valence electrons. The number of halogens is 1. The predicted octanol–water partition coefficient (Wildman–Crippen LogP) is 4.26. The molecule has 1 aromatic carbocycles. The molecule has 0 amide bonds. The van der Waals surface area contributed by atoms with Crippen molar-refractivity contribution in [2.75, 3.05) is 16.8 Å². The maximum Gasteiger partial charge on any atom is 0.101 e. The van der Waals surface area contributed by atoms with Crippen molar-refractivity contribution >= 4 is 33.4 Å². The standard InChI is InChI=1S/C14H17BrN2S/c1-14(2)6-12(8-18-9-14)17-13-4-3-11(15)5-10(13)7-16/h3-5,12,17H,6,8-9H2,1-2H3. The van der Waals surface area contributed by atoms with Crippen LogP contribution in [0.2, 0.25) is 0 Å². The number of hydrogen-bond acceptors (Lipinski definition) is 3. The molecule has 2 rings (SSSR count). The van der Waals surface area contributed by atoms with Crippen molar-refractivity contribution in [1.82, 2.24) is 0 Å². The molecule has 1 saturated heterocycles. The Hall–Kier alpha value is -0.660. The monoisotopic (exact) mass is 324 g/mol. The number of thioether (sulfide) groups is 1. The molecule has 0 radical (unpaired) electrons. The fourth-order valence-corrected chi connectivity index (χ4v) is 3.94. The van der Waals surface area contributed by atoms with Crippen molar-refractivity contribution in [3.8, 4) is 6.07 Å². The molecule has 1 unspecified atom stereocenters. The van der Waals surface area contributed by atoms with E-state index in [0.717, 1.165) is 22.3 Å². The molecule has 0 aromatic heterocycles. The highest BCUT2D eigenvalue weighted by Crippen LogP contribution is 2.35. The summed E-state index contributed by atoms with van der Waals surface area (Å²) in [5.74, 6) is 2.33. The van der Waals surface area contributed by atoms with Gasteiger partial charge in [0.1, 0.15) is 6.07 Å². The highest BCUT2D eigenvalue weighted by Gasteiger charge is 2.28. The van der Waals surface area contributed by atoms with E-state index in [2.05, 4.69) is 41.2 Å².